The van der Waals surface area contributed by atoms with Crippen LogP contribution >= 0.6 is 11.3 Å². The first kappa shape index (κ1) is 19.7. The van der Waals surface area contributed by atoms with E-state index in [0.29, 0.717) is 23.2 Å². The van der Waals surface area contributed by atoms with E-state index in [1.165, 1.54) is 0 Å². The van der Waals surface area contributed by atoms with Gasteiger partial charge in [0.1, 0.15) is 6.04 Å². The highest BCUT2D eigenvalue weighted by Crippen LogP contribution is 2.35. The third-order valence-corrected chi connectivity index (χ3v) is 6.33. The molecule has 0 aromatic carbocycles. The molecule has 0 spiro atoms. The van der Waals surface area contributed by atoms with Crippen LogP contribution in [0.2, 0.25) is 0 Å². The van der Waals surface area contributed by atoms with Gasteiger partial charge in [0.25, 0.3) is 5.91 Å². The zero-order valence-corrected chi connectivity index (χ0v) is 17.2. The van der Waals surface area contributed by atoms with Gasteiger partial charge in [-0.1, -0.05) is 0 Å². The lowest BCUT2D eigenvalue weighted by atomic mass is 10.1. The predicted octanol–water partition coefficient (Wildman–Crippen LogP) is 4.03. The van der Waals surface area contributed by atoms with Crippen LogP contribution < -0.4 is 0 Å². The van der Waals surface area contributed by atoms with Gasteiger partial charge < -0.3 is 4.90 Å². The molecule has 4 aromatic rings. The van der Waals surface area contributed by atoms with E-state index in [1.54, 1.807) is 39.2 Å². The smallest absolute Gasteiger partial charge is 0.326 e. The van der Waals surface area contributed by atoms with Crippen LogP contribution in [-0.2, 0) is 7.05 Å². The van der Waals surface area contributed by atoms with Crippen molar-refractivity contribution in [3.63, 3.8) is 0 Å². The molecule has 4 aromatic heterocycles. The molecule has 1 saturated heterocycles. The molecule has 31 heavy (non-hydrogen) atoms. The van der Waals surface area contributed by atoms with E-state index in [4.69, 9.17) is 0 Å². The summed E-state index contributed by atoms with van der Waals surface area (Å²) in [7, 11) is 1.83. The molecule has 1 aliphatic rings. The van der Waals surface area contributed by atoms with Gasteiger partial charge in [0.15, 0.2) is 5.65 Å². The first-order valence-corrected chi connectivity index (χ1v) is 10.5. The number of likely N-dealkylation sites (tertiary alicyclic amines) is 1. The van der Waals surface area contributed by atoms with E-state index in [2.05, 4.69) is 15.2 Å². The van der Waals surface area contributed by atoms with Crippen molar-refractivity contribution in [1.29, 1.82) is 0 Å². The Morgan fingerprint density at radius 2 is 1.94 bits per heavy atom. The maximum Gasteiger partial charge on any atom is 0.408 e. The molecule has 11 heteroatoms. The zero-order chi connectivity index (χ0) is 21.8. The van der Waals surface area contributed by atoms with Gasteiger partial charge in [-0.05, 0) is 29.9 Å². The molecule has 0 aliphatic carbocycles. The summed E-state index contributed by atoms with van der Waals surface area (Å²) in [5.41, 5.74) is 3.76. The van der Waals surface area contributed by atoms with E-state index < -0.39 is 18.1 Å². The number of thiophene rings is 1. The third-order valence-electron chi connectivity index (χ3n) is 5.41. The van der Waals surface area contributed by atoms with Crippen LogP contribution in [0.25, 0.3) is 27.9 Å². The van der Waals surface area contributed by atoms with Gasteiger partial charge in [-0.2, -0.15) is 23.4 Å². The van der Waals surface area contributed by atoms with E-state index in [0.717, 1.165) is 27.4 Å². The Bertz CT molecular complexity index is 1270. The summed E-state index contributed by atoms with van der Waals surface area (Å²) >= 11 is 1.13. The minimum absolute atomic E-state index is 0.0509. The number of nitrogens with zero attached hydrogens (tertiary/aromatic N) is 6. The van der Waals surface area contributed by atoms with E-state index in [-0.39, 0.29) is 17.8 Å². The summed E-state index contributed by atoms with van der Waals surface area (Å²) in [5, 5.41) is 10.3. The summed E-state index contributed by atoms with van der Waals surface area (Å²) < 4.78 is 43.0. The first-order chi connectivity index (χ1) is 14.8. The fraction of sp³-hybridized carbons (Fsp3) is 0.300. The van der Waals surface area contributed by atoms with Crippen LogP contribution in [0.4, 0.5) is 13.2 Å². The lowest BCUT2D eigenvalue weighted by molar-refractivity contribution is -0.169. The topological polar surface area (TPSA) is 68.3 Å². The number of aryl methyl sites for hydroxylation is 1. The van der Waals surface area contributed by atoms with Crippen LogP contribution in [0.15, 0.2) is 42.4 Å². The van der Waals surface area contributed by atoms with Crippen LogP contribution in [0.3, 0.4) is 0 Å². The number of aromatic nitrogens is 5. The molecule has 1 fully saturated rings. The van der Waals surface area contributed by atoms with Crippen molar-refractivity contribution in [3.05, 3.63) is 47.3 Å². The molecule has 0 bridgehead atoms. The Balaban J connectivity index is 1.44. The van der Waals surface area contributed by atoms with Crippen molar-refractivity contribution in [3.8, 4) is 22.3 Å². The number of rotatable bonds is 3. The van der Waals surface area contributed by atoms with Crippen molar-refractivity contribution in [2.75, 3.05) is 6.54 Å². The molecular weight excluding hydrogens is 429 g/mol. The molecule has 0 radical (unpaired) electrons. The predicted molar refractivity (Wildman–Crippen MR) is 109 cm³/mol. The summed E-state index contributed by atoms with van der Waals surface area (Å²) in [5.74, 6) is -0.584. The maximum atomic E-state index is 13.2. The lowest BCUT2D eigenvalue weighted by Gasteiger charge is -2.26. The molecular formula is C20H17F3N6OS. The van der Waals surface area contributed by atoms with Gasteiger partial charge in [-0.15, -0.1) is 11.3 Å². The normalized spacial score (nSPS) is 17.0. The molecule has 1 atom stereocenters. The fourth-order valence-electron chi connectivity index (χ4n) is 3.88. The number of carbonyl (C=O) groups excluding carboxylic acids is 1. The average Bonchev–Trinajstić information content (AvgIpc) is 3.50. The second-order valence-corrected chi connectivity index (χ2v) is 8.38. The Labute approximate surface area is 178 Å². The summed E-state index contributed by atoms with van der Waals surface area (Å²) in [4.78, 5) is 18.5. The first-order valence-electron chi connectivity index (χ1n) is 9.60. The summed E-state index contributed by atoms with van der Waals surface area (Å²) in [6, 6.07) is -0.0953. The highest BCUT2D eigenvalue weighted by molar-refractivity contribution is 7.12. The molecule has 1 amide bonds. The molecule has 1 aliphatic heterocycles. The van der Waals surface area contributed by atoms with E-state index in [1.807, 2.05) is 19.4 Å². The highest BCUT2D eigenvalue weighted by atomic mass is 32.1. The maximum absolute atomic E-state index is 13.2. The van der Waals surface area contributed by atoms with Crippen LogP contribution in [-0.4, -0.2) is 53.9 Å². The molecule has 0 N–H and O–H groups in total. The Morgan fingerprint density at radius 3 is 2.68 bits per heavy atom. The highest BCUT2D eigenvalue weighted by Gasteiger charge is 2.48. The Morgan fingerprint density at radius 1 is 1.13 bits per heavy atom. The van der Waals surface area contributed by atoms with Crippen LogP contribution in [0.5, 0.6) is 0 Å². The monoisotopic (exact) mass is 446 g/mol. The molecule has 7 nitrogen and oxygen atoms in total. The number of amides is 1. The van der Waals surface area contributed by atoms with Gasteiger partial charge in [-0.25, -0.2) is 9.50 Å². The van der Waals surface area contributed by atoms with Crippen molar-refractivity contribution in [2.45, 2.75) is 25.1 Å². The number of carbonyl (C=O) groups is 1. The molecule has 160 valence electrons. The minimum Gasteiger partial charge on any atom is -0.326 e. The van der Waals surface area contributed by atoms with E-state index in [9.17, 15) is 18.0 Å². The summed E-state index contributed by atoms with van der Waals surface area (Å²) in [6.07, 6.45) is 4.68. The quantitative estimate of drug-likeness (QED) is 0.477. The van der Waals surface area contributed by atoms with Gasteiger partial charge >= 0.3 is 6.18 Å². The molecule has 5 rings (SSSR count). The van der Waals surface area contributed by atoms with Gasteiger partial charge in [0.05, 0.1) is 17.3 Å². The van der Waals surface area contributed by atoms with Crippen molar-refractivity contribution in [1.82, 2.24) is 29.3 Å². The SMILES string of the molecule is Cn1cc(-c2cnc3c(-c4csc(C(=O)N5CCCC5C(F)(F)F)c4)cnn3c2)cn1. The van der Waals surface area contributed by atoms with Gasteiger partial charge in [0.2, 0.25) is 0 Å². The van der Waals surface area contributed by atoms with Crippen LogP contribution in [0.1, 0.15) is 22.5 Å². The molecule has 1 unspecified atom stereocenters. The van der Waals surface area contributed by atoms with Gasteiger partial charge in [-0.3, -0.25) is 9.48 Å². The zero-order valence-electron chi connectivity index (χ0n) is 16.4. The third kappa shape index (κ3) is 3.48. The average molecular weight is 446 g/mol. The fourth-order valence-corrected chi connectivity index (χ4v) is 4.74. The molecule has 0 saturated carbocycles. The van der Waals surface area contributed by atoms with E-state index >= 15 is 0 Å². The lowest BCUT2D eigenvalue weighted by Crippen LogP contribution is -2.44. The second-order valence-electron chi connectivity index (χ2n) is 7.47. The second kappa shape index (κ2) is 7.19. The van der Waals surface area contributed by atoms with Crippen molar-refractivity contribution < 1.29 is 18.0 Å². The van der Waals surface area contributed by atoms with Gasteiger partial charge in [0, 0.05) is 48.9 Å². The number of fused-ring (bicyclic) bond motifs is 1. The van der Waals surface area contributed by atoms with Crippen molar-refractivity contribution in [2.24, 2.45) is 7.05 Å². The number of hydrogen-bond donors (Lipinski definition) is 0. The Hall–Kier alpha value is -3.21. The number of halogens is 3. The number of alkyl halides is 3. The van der Waals surface area contributed by atoms with Crippen molar-refractivity contribution >= 4 is 22.9 Å². The van der Waals surface area contributed by atoms with Crippen LogP contribution in [0, 0.1) is 0 Å². The molecule has 5 heterocycles. The largest absolute Gasteiger partial charge is 0.408 e. The summed E-state index contributed by atoms with van der Waals surface area (Å²) in [6.45, 7) is 0.117. The standard InChI is InChI=1S/C20H17F3N6OS/c1-27-9-14(7-25-27)13-6-24-18-15(8-26-29(18)10-13)12-5-16(31-11-12)19(30)28-4-2-3-17(28)20(21,22)23/h5-11,17H,2-4H2,1H3. The number of hydrogen-bond acceptors (Lipinski definition) is 5. The minimum atomic E-state index is -4.41. The Kier molecular flexibility index (Phi) is 4.58.